The lowest BCUT2D eigenvalue weighted by Crippen LogP contribution is -2.43. The first kappa shape index (κ1) is 15.2. The highest BCUT2D eigenvalue weighted by Crippen LogP contribution is 2.14. The topological polar surface area (TPSA) is 114 Å². The zero-order chi connectivity index (χ0) is 14.8. The molecular formula is C11H15NO6S. The molecule has 0 bridgehead atoms. The summed E-state index contributed by atoms with van der Waals surface area (Å²) < 4.78 is 26.6. The molecule has 0 aliphatic heterocycles. The average Bonchev–Trinajstić information content (AvgIpc) is 2.73. The number of carbonyl (C=O) groups excluding carboxylic acids is 1. The number of carbonyl (C=O) groups is 2. The van der Waals surface area contributed by atoms with Crippen LogP contribution in [0.25, 0.3) is 0 Å². The molecule has 0 aromatic carbocycles. The Hall–Kier alpha value is -1.83. The molecule has 0 aliphatic carbocycles. The van der Waals surface area contributed by atoms with Crippen LogP contribution in [0.15, 0.2) is 16.7 Å². The fourth-order valence-electron chi connectivity index (χ4n) is 1.08. The van der Waals surface area contributed by atoms with Crippen molar-refractivity contribution in [3.63, 3.8) is 0 Å². The summed E-state index contributed by atoms with van der Waals surface area (Å²) in [4.78, 5) is 22.3. The summed E-state index contributed by atoms with van der Waals surface area (Å²) in [6, 6.07) is 1.07. The SMILES string of the molecule is CC(C)(CNC(=O)c1cc(C(=O)O)co1)S(C)(=O)=O. The molecule has 106 valence electrons. The first-order chi connectivity index (χ1) is 8.54. The molecule has 0 radical (unpaired) electrons. The first-order valence-electron chi connectivity index (χ1n) is 5.34. The van der Waals surface area contributed by atoms with Gasteiger partial charge in [-0.2, -0.15) is 0 Å². The predicted octanol–water partition coefficient (Wildman–Crippen LogP) is 0.531. The summed E-state index contributed by atoms with van der Waals surface area (Å²) in [7, 11) is -3.33. The van der Waals surface area contributed by atoms with E-state index in [0.29, 0.717) is 0 Å². The van der Waals surface area contributed by atoms with Crippen molar-refractivity contribution in [3.8, 4) is 0 Å². The summed E-state index contributed by atoms with van der Waals surface area (Å²) in [6.45, 7) is 2.86. The third-order valence-electron chi connectivity index (χ3n) is 2.75. The van der Waals surface area contributed by atoms with Crippen LogP contribution in [0, 0.1) is 0 Å². The Balaban J connectivity index is 2.73. The number of aromatic carboxylic acids is 1. The van der Waals surface area contributed by atoms with E-state index in [1.54, 1.807) is 0 Å². The number of carboxylic acid groups (broad SMARTS) is 1. The van der Waals surface area contributed by atoms with Crippen LogP contribution in [0.1, 0.15) is 34.8 Å². The number of furan rings is 1. The van der Waals surface area contributed by atoms with Crippen molar-refractivity contribution >= 4 is 21.7 Å². The third-order valence-corrected chi connectivity index (χ3v) is 4.90. The van der Waals surface area contributed by atoms with Crippen molar-refractivity contribution in [2.45, 2.75) is 18.6 Å². The number of hydrogen-bond acceptors (Lipinski definition) is 5. The highest BCUT2D eigenvalue weighted by molar-refractivity contribution is 7.92. The summed E-state index contributed by atoms with van der Waals surface area (Å²) in [5, 5.41) is 11.1. The van der Waals surface area contributed by atoms with Crippen LogP contribution in [0.2, 0.25) is 0 Å². The Labute approximate surface area is 110 Å². The number of nitrogens with one attached hydrogen (secondary N) is 1. The van der Waals surface area contributed by atoms with Gasteiger partial charge in [-0.3, -0.25) is 4.79 Å². The second kappa shape index (κ2) is 5.04. The normalized spacial score (nSPS) is 12.2. The number of amides is 1. The highest BCUT2D eigenvalue weighted by Gasteiger charge is 2.31. The van der Waals surface area contributed by atoms with Gasteiger partial charge in [0.2, 0.25) is 0 Å². The molecule has 1 heterocycles. The molecule has 0 aliphatic rings. The van der Waals surface area contributed by atoms with Gasteiger partial charge < -0.3 is 14.8 Å². The lowest BCUT2D eigenvalue weighted by atomic mass is 10.2. The molecule has 1 aromatic rings. The van der Waals surface area contributed by atoms with Gasteiger partial charge in [0, 0.05) is 18.9 Å². The lowest BCUT2D eigenvalue weighted by Gasteiger charge is -2.22. The molecule has 19 heavy (non-hydrogen) atoms. The van der Waals surface area contributed by atoms with Gasteiger partial charge >= 0.3 is 5.97 Å². The molecular weight excluding hydrogens is 274 g/mol. The fourth-order valence-corrected chi connectivity index (χ4v) is 1.41. The van der Waals surface area contributed by atoms with Gasteiger partial charge in [0.05, 0.1) is 10.3 Å². The van der Waals surface area contributed by atoms with Crippen molar-refractivity contribution in [2.75, 3.05) is 12.8 Å². The predicted molar refractivity (Wildman–Crippen MR) is 66.9 cm³/mol. The number of carboxylic acids is 1. The monoisotopic (exact) mass is 289 g/mol. The second-order valence-electron chi connectivity index (χ2n) is 4.72. The van der Waals surface area contributed by atoms with Gasteiger partial charge in [0.25, 0.3) is 5.91 Å². The summed E-state index contributed by atoms with van der Waals surface area (Å²) >= 11 is 0. The molecule has 1 rings (SSSR count). The van der Waals surface area contributed by atoms with E-state index in [0.717, 1.165) is 18.6 Å². The third kappa shape index (κ3) is 3.57. The number of sulfone groups is 1. The van der Waals surface area contributed by atoms with E-state index in [9.17, 15) is 18.0 Å². The minimum atomic E-state index is -3.33. The lowest BCUT2D eigenvalue weighted by molar-refractivity contribution is 0.0695. The van der Waals surface area contributed by atoms with E-state index < -0.39 is 26.5 Å². The molecule has 0 unspecified atom stereocenters. The highest BCUT2D eigenvalue weighted by atomic mass is 32.2. The van der Waals surface area contributed by atoms with Gasteiger partial charge in [0.15, 0.2) is 15.6 Å². The average molecular weight is 289 g/mol. The maximum Gasteiger partial charge on any atom is 0.338 e. The Bertz CT molecular complexity index is 598. The molecule has 2 N–H and O–H groups in total. The van der Waals surface area contributed by atoms with E-state index in [-0.39, 0.29) is 17.9 Å². The Morgan fingerprint density at radius 2 is 2.00 bits per heavy atom. The van der Waals surface area contributed by atoms with Crippen molar-refractivity contribution in [1.29, 1.82) is 0 Å². The maximum atomic E-state index is 11.7. The van der Waals surface area contributed by atoms with Crippen LogP contribution in [-0.2, 0) is 9.84 Å². The molecule has 8 heteroatoms. The molecule has 0 atom stereocenters. The standard InChI is InChI=1S/C11H15NO6S/c1-11(2,19(3,16)17)6-12-9(13)8-4-7(5-18-8)10(14)15/h4-5H,6H2,1-3H3,(H,12,13)(H,14,15). The van der Waals surface area contributed by atoms with Crippen LogP contribution in [0.4, 0.5) is 0 Å². The Morgan fingerprint density at radius 3 is 2.42 bits per heavy atom. The van der Waals surface area contributed by atoms with Gasteiger partial charge in [-0.25, -0.2) is 13.2 Å². The minimum absolute atomic E-state index is 0.103. The van der Waals surface area contributed by atoms with E-state index >= 15 is 0 Å². The van der Waals surface area contributed by atoms with Crippen molar-refractivity contribution in [1.82, 2.24) is 5.32 Å². The van der Waals surface area contributed by atoms with Crippen LogP contribution in [-0.4, -0.2) is 42.9 Å². The molecule has 0 saturated carbocycles. The molecule has 0 spiro atoms. The Kier molecular flexibility index (Phi) is 4.04. The largest absolute Gasteiger partial charge is 0.478 e. The molecule has 0 saturated heterocycles. The maximum absolute atomic E-state index is 11.7. The number of hydrogen-bond donors (Lipinski definition) is 2. The van der Waals surface area contributed by atoms with Gasteiger partial charge in [-0.15, -0.1) is 0 Å². The van der Waals surface area contributed by atoms with E-state index in [4.69, 9.17) is 9.52 Å². The fraction of sp³-hybridized carbons (Fsp3) is 0.455. The Morgan fingerprint density at radius 1 is 1.42 bits per heavy atom. The first-order valence-corrected chi connectivity index (χ1v) is 7.23. The number of rotatable bonds is 5. The van der Waals surface area contributed by atoms with E-state index in [1.165, 1.54) is 13.8 Å². The van der Waals surface area contributed by atoms with Crippen molar-refractivity contribution in [3.05, 3.63) is 23.7 Å². The summed E-state index contributed by atoms with van der Waals surface area (Å²) in [5.41, 5.74) is -0.146. The second-order valence-corrected chi connectivity index (χ2v) is 7.37. The van der Waals surface area contributed by atoms with Crippen LogP contribution in [0.3, 0.4) is 0 Å². The quantitative estimate of drug-likeness (QED) is 0.817. The van der Waals surface area contributed by atoms with Crippen LogP contribution < -0.4 is 5.32 Å². The van der Waals surface area contributed by atoms with Gasteiger partial charge in [-0.1, -0.05) is 0 Å². The zero-order valence-corrected chi connectivity index (χ0v) is 11.6. The van der Waals surface area contributed by atoms with Crippen molar-refractivity contribution < 1.29 is 27.5 Å². The molecule has 7 nitrogen and oxygen atoms in total. The van der Waals surface area contributed by atoms with Gasteiger partial charge in [-0.05, 0) is 13.8 Å². The van der Waals surface area contributed by atoms with Crippen LogP contribution in [0.5, 0.6) is 0 Å². The summed E-state index contributed by atoms with van der Waals surface area (Å²) in [6.07, 6.45) is 2.02. The van der Waals surface area contributed by atoms with Gasteiger partial charge in [0.1, 0.15) is 6.26 Å². The van der Waals surface area contributed by atoms with E-state index in [1.807, 2.05) is 0 Å². The zero-order valence-electron chi connectivity index (χ0n) is 10.8. The van der Waals surface area contributed by atoms with Crippen molar-refractivity contribution in [2.24, 2.45) is 0 Å². The molecule has 0 fully saturated rings. The molecule has 1 aromatic heterocycles. The smallest absolute Gasteiger partial charge is 0.338 e. The van der Waals surface area contributed by atoms with E-state index in [2.05, 4.69) is 5.32 Å². The molecule has 1 amide bonds. The summed E-state index contributed by atoms with van der Waals surface area (Å²) in [5.74, 6) is -2.05. The van der Waals surface area contributed by atoms with Crippen LogP contribution >= 0.6 is 0 Å². The minimum Gasteiger partial charge on any atom is -0.478 e.